The molecule has 0 spiro atoms. The number of nitrogens with zero attached hydrogens (tertiary/aromatic N) is 1. The number of carbonyl (C=O) groups is 6. The number of esters is 2. The van der Waals surface area contributed by atoms with E-state index in [1.165, 1.54) is 0 Å². The Kier molecular flexibility index (Phi) is 12.4. The van der Waals surface area contributed by atoms with Crippen LogP contribution in [0.5, 0.6) is 0 Å². The molecule has 12 heteroatoms. The van der Waals surface area contributed by atoms with Gasteiger partial charge in [0, 0.05) is 12.8 Å². The third kappa shape index (κ3) is 10.3. The molecule has 12 nitrogen and oxygen atoms in total. The fraction of sp³-hybridized carbons (Fsp3) is 0.294. The van der Waals surface area contributed by atoms with Crippen molar-refractivity contribution >= 4 is 35.8 Å². The van der Waals surface area contributed by atoms with Crippen LogP contribution in [0.25, 0.3) is 0 Å². The van der Waals surface area contributed by atoms with Crippen LogP contribution in [0, 0.1) is 0 Å². The molecule has 3 aromatic rings. The summed E-state index contributed by atoms with van der Waals surface area (Å²) in [6, 6.07) is 24.4. The van der Waals surface area contributed by atoms with Crippen LogP contribution in [0.15, 0.2) is 91.0 Å². The normalized spacial score (nSPS) is 14.6. The molecule has 2 atom stereocenters. The number of rotatable bonds is 14. The van der Waals surface area contributed by atoms with Gasteiger partial charge in [0.25, 0.3) is 0 Å². The average Bonchev–Trinajstić information content (AvgIpc) is 3.48. The average molecular weight is 630 g/mol. The van der Waals surface area contributed by atoms with Crippen LogP contribution < -0.4 is 10.6 Å². The lowest BCUT2D eigenvalue weighted by Gasteiger charge is -2.25. The molecule has 0 unspecified atom stereocenters. The van der Waals surface area contributed by atoms with Crippen molar-refractivity contribution in [3.05, 3.63) is 108 Å². The van der Waals surface area contributed by atoms with E-state index in [4.69, 9.17) is 14.2 Å². The summed E-state index contributed by atoms with van der Waals surface area (Å²) in [5.41, 5.74) is 2.26. The van der Waals surface area contributed by atoms with Gasteiger partial charge in [-0.1, -0.05) is 91.0 Å². The Bertz CT molecular complexity index is 1500. The van der Waals surface area contributed by atoms with Crippen molar-refractivity contribution < 1.29 is 43.0 Å². The van der Waals surface area contributed by atoms with Crippen LogP contribution in [0.1, 0.15) is 42.4 Å². The SMILES string of the molecule is O=C(CC[C@H](NC(=O)[C@@H]1CCC(=O)N1C(=O)CNC(=O)OCc1ccccc1)C(=O)OCc1ccccc1)OCc1ccccc1. The molecule has 1 aliphatic heterocycles. The number of carbonyl (C=O) groups excluding carboxylic acids is 6. The molecule has 46 heavy (non-hydrogen) atoms. The fourth-order valence-corrected chi connectivity index (χ4v) is 4.67. The van der Waals surface area contributed by atoms with Gasteiger partial charge in [-0.2, -0.15) is 0 Å². The van der Waals surface area contributed by atoms with Crippen molar-refractivity contribution in [2.45, 2.75) is 57.6 Å². The summed E-state index contributed by atoms with van der Waals surface area (Å²) in [6.07, 6.45) is -1.29. The van der Waals surface area contributed by atoms with E-state index >= 15 is 0 Å². The molecule has 4 rings (SSSR count). The maximum atomic E-state index is 13.4. The first-order valence-electron chi connectivity index (χ1n) is 14.8. The van der Waals surface area contributed by atoms with Gasteiger partial charge in [-0.15, -0.1) is 0 Å². The number of nitrogens with one attached hydrogen (secondary N) is 2. The summed E-state index contributed by atoms with van der Waals surface area (Å²) < 4.78 is 15.8. The molecular formula is C34H35N3O9. The number of ether oxygens (including phenoxy) is 3. The van der Waals surface area contributed by atoms with Crippen molar-refractivity contribution in [3.63, 3.8) is 0 Å². The molecule has 3 aromatic carbocycles. The molecular weight excluding hydrogens is 594 g/mol. The summed E-state index contributed by atoms with van der Waals surface area (Å²) in [5.74, 6) is -3.57. The highest BCUT2D eigenvalue weighted by Gasteiger charge is 2.41. The Morgan fingerprint density at radius 2 is 1.26 bits per heavy atom. The van der Waals surface area contributed by atoms with E-state index in [-0.39, 0.29) is 45.5 Å². The van der Waals surface area contributed by atoms with Crippen molar-refractivity contribution in [1.29, 1.82) is 0 Å². The number of hydrogen-bond donors (Lipinski definition) is 2. The second-order valence-corrected chi connectivity index (χ2v) is 10.5. The lowest BCUT2D eigenvalue weighted by Crippen LogP contribution is -2.53. The minimum atomic E-state index is -1.26. The molecule has 1 heterocycles. The minimum absolute atomic E-state index is 0.0137. The maximum Gasteiger partial charge on any atom is 0.407 e. The van der Waals surface area contributed by atoms with E-state index in [1.54, 1.807) is 60.7 Å². The third-order valence-electron chi connectivity index (χ3n) is 7.08. The lowest BCUT2D eigenvalue weighted by molar-refractivity contribution is -0.151. The van der Waals surface area contributed by atoms with Gasteiger partial charge in [0.05, 0.1) is 0 Å². The van der Waals surface area contributed by atoms with Crippen LogP contribution in [0.2, 0.25) is 0 Å². The zero-order valence-corrected chi connectivity index (χ0v) is 25.1. The molecule has 2 N–H and O–H groups in total. The van der Waals surface area contributed by atoms with Gasteiger partial charge in [-0.3, -0.25) is 24.1 Å². The Balaban J connectivity index is 1.34. The predicted molar refractivity (Wildman–Crippen MR) is 163 cm³/mol. The number of benzene rings is 3. The second kappa shape index (κ2) is 17.1. The molecule has 0 saturated carbocycles. The highest BCUT2D eigenvalue weighted by atomic mass is 16.5. The quantitative estimate of drug-likeness (QED) is 0.202. The van der Waals surface area contributed by atoms with Crippen molar-refractivity contribution in [1.82, 2.24) is 15.5 Å². The highest BCUT2D eigenvalue weighted by molar-refractivity contribution is 6.04. The van der Waals surface area contributed by atoms with Gasteiger partial charge in [0.1, 0.15) is 38.4 Å². The maximum absolute atomic E-state index is 13.4. The molecule has 0 aromatic heterocycles. The Morgan fingerprint density at radius 3 is 1.83 bits per heavy atom. The van der Waals surface area contributed by atoms with E-state index in [9.17, 15) is 28.8 Å². The van der Waals surface area contributed by atoms with Gasteiger partial charge in [-0.25, -0.2) is 9.59 Å². The van der Waals surface area contributed by atoms with Gasteiger partial charge in [0.2, 0.25) is 17.7 Å². The van der Waals surface area contributed by atoms with Gasteiger partial charge in [0.15, 0.2) is 0 Å². The van der Waals surface area contributed by atoms with Crippen LogP contribution in [-0.4, -0.2) is 59.3 Å². The predicted octanol–water partition coefficient (Wildman–Crippen LogP) is 3.18. The first-order valence-corrected chi connectivity index (χ1v) is 14.8. The van der Waals surface area contributed by atoms with E-state index in [0.717, 1.165) is 21.6 Å². The van der Waals surface area contributed by atoms with Crippen molar-refractivity contribution in [3.8, 4) is 0 Å². The topological polar surface area (TPSA) is 157 Å². The lowest BCUT2D eigenvalue weighted by atomic mass is 10.1. The monoisotopic (exact) mass is 629 g/mol. The van der Waals surface area contributed by atoms with Gasteiger partial charge >= 0.3 is 18.0 Å². The van der Waals surface area contributed by atoms with Crippen LogP contribution in [-0.2, 0) is 58.0 Å². The first-order chi connectivity index (χ1) is 22.3. The number of hydrogen-bond acceptors (Lipinski definition) is 9. The van der Waals surface area contributed by atoms with E-state index in [1.807, 2.05) is 30.3 Å². The van der Waals surface area contributed by atoms with Crippen molar-refractivity contribution in [2.75, 3.05) is 6.54 Å². The number of likely N-dealkylation sites (tertiary alicyclic amines) is 1. The van der Waals surface area contributed by atoms with E-state index in [0.29, 0.717) is 0 Å². The largest absolute Gasteiger partial charge is 0.461 e. The standard InChI is InChI=1S/C34H35N3O9/c38-29-18-17-28(37(29)30(39)20-35-34(43)46-23-26-14-8-3-9-15-26)32(41)36-27(33(42)45-22-25-12-6-2-7-13-25)16-19-31(40)44-21-24-10-4-1-5-11-24/h1-15,27-28H,16-23H2,(H,35,43)(H,36,41)/t27-,28-/m0/s1. The molecule has 4 amide bonds. The summed E-state index contributed by atoms with van der Waals surface area (Å²) >= 11 is 0. The number of alkyl carbamates (subject to hydrolysis) is 1. The van der Waals surface area contributed by atoms with Gasteiger partial charge < -0.3 is 24.8 Å². The summed E-state index contributed by atoms with van der Waals surface area (Å²) in [4.78, 5) is 77.3. The molecule has 0 bridgehead atoms. The fourth-order valence-electron chi connectivity index (χ4n) is 4.67. The zero-order chi connectivity index (χ0) is 32.7. The second-order valence-electron chi connectivity index (χ2n) is 10.5. The Hall–Kier alpha value is -5.52. The third-order valence-corrected chi connectivity index (χ3v) is 7.08. The molecule has 1 saturated heterocycles. The smallest absolute Gasteiger partial charge is 0.407 e. The molecule has 0 aliphatic carbocycles. The molecule has 1 fully saturated rings. The Morgan fingerprint density at radius 1 is 0.739 bits per heavy atom. The Labute approximate surface area is 266 Å². The van der Waals surface area contributed by atoms with Crippen molar-refractivity contribution in [2.24, 2.45) is 0 Å². The van der Waals surface area contributed by atoms with Crippen LogP contribution >= 0.6 is 0 Å². The molecule has 1 aliphatic rings. The summed E-state index contributed by atoms with van der Waals surface area (Å²) in [6.45, 7) is -0.623. The van der Waals surface area contributed by atoms with Crippen LogP contribution in [0.4, 0.5) is 4.79 Å². The molecule has 240 valence electrons. The number of imide groups is 1. The van der Waals surface area contributed by atoms with E-state index in [2.05, 4.69) is 10.6 Å². The number of amides is 4. The summed E-state index contributed by atoms with van der Waals surface area (Å²) in [5, 5.41) is 4.85. The molecule has 0 radical (unpaired) electrons. The zero-order valence-electron chi connectivity index (χ0n) is 25.1. The van der Waals surface area contributed by atoms with Crippen LogP contribution in [0.3, 0.4) is 0 Å². The highest BCUT2D eigenvalue weighted by Crippen LogP contribution is 2.20. The first kappa shape index (κ1) is 33.4. The summed E-state index contributed by atoms with van der Waals surface area (Å²) in [7, 11) is 0. The van der Waals surface area contributed by atoms with Gasteiger partial charge in [-0.05, 0) is 29.5 Å². The van der Waals surface area contributed by atoms with E-state index < -0.39 is 54.4 Å². The minimum Gasteiger partial charge on any atom is -0.461 e.